The van der Waals surface area contributed by atoms with Gasteiger partial charge < -0.3 is 9.67 Å². The summed E-state index contributed by atoms with van der Waals surface area (Å²) in [4.78, 5) is 11.8. The van der Waals surface area contributed by atoms with Crippen molar-refractivity contribution >= 4 is 31.9 Å². The van der Waals surface area contributed by atoms with Crippen LogP contribution < -0.4 is 5.56 Å². The van der Waals surface area contributed by atoms with Gasteiger partial charge in [0.15, 0.2) is 0 Å². The first-order valence-electron chi connectivity index (χ1n) is 4.89. The van der Waals surface area contributed by atoms with Crippen LogP contribution in [-0.4, -0.2) is 9.67 Å². The monoisotopic (exact) mass is 357 g/mol. The topological polar surface area (TPSA) is 42.2 Å². The molecule has 1 aromatic heterocycles. The van der Waals surface area contributed by atoms with E-state index < -0.39 is 0 Å². The van der Waals surface area contributed by atoms with Crippen LogP contribution in [0.15, 0.2) is 50.3 Å². The minimum absolute atomic E-state index is 0.100. The lowest BCUT2D eigenvalue weighted by Crippen LogP contribution is -2.20. The third kappa shape index (κ3) is 2.98. The van der Waals surface area contributed by atoms with Crippen LogP contribution in [0, 0.1) is 0 Å². The molecule has 3 nitrogen and oxygen atoms in total. The Kier molecular flexibility index (Phi) is 3.69. The smallest absolute Gasteiger partial charge is 0.265 e. The van der Waals surface area contributed by atoms with Crippen LogP contribution in [-0.2, 0) is 6.54 Å². The first-order valence-corrected chi connectivity index (χ1v) is 6.48. The standard InChI is InChI=1S/C12H9Br2NO2/c13-9-5-11(14)12(17)15(7-9)6-8-2-1-3-10(16)4-8/h1-5,7,16H,6H2. The summed E-state index contributed by atoms with van der Waals surface area (Å²) in [5.41, 5.74) is 0.772. The highest BCUT2D eigenvalue weighted by Crippen LogP contribution is 2.15. The number of halogens is 2. The summed E-state index contributed by atoms with van der Waals surface area (Å²) in [6.45, 7) is 0.422. The number of phenols is 1. The molecule has 0 fully saturated rings. The summed E-state index contributed by atoms with van der Waals surface area (Å²) < 4.78 is 2.90. The molecule has 0 unspecified atom stereocenters. The van der Waals surface area contributed by atoms with Crippen molar-refractivity contribution in [2.45, 2.75) is 6.54 Å². The molecule has 0 radical (unpaired) electrons. The van der Waals surface area contributed by atoms with Crippen molar-refractivity contribution in [3.05, 3.63) is 61.4 Å². The second kappa shape index (κ2) is 5.06. The number of hydrogen-bond acceptors (Lipinski definition) is 2. The molecule has 88 valence electrons. The fourth-order valence-corrected chi connectivity index (χ4v) is 2.79. The van der Waals surface area contributed by atoms with E-state index in [1.807, 2.05) is 6.07 Å². The maximum atomic E-state index is 11.8. The highest BCUT2D eigenvalue weighted by Gasteiger charge is 2.04. The predicted molar refractivity (Wildman–Crippen MR) is 73.3 cm³/mol. The van der Waals surface area contributed by atoms with Crippen molar-refractivity contribution in [1.82, 2.24) is 4.57 Å². The van der Waals surface area contributed by atoms with Crippen molar-refractivity contribution in [2.24, 2.45) is 0 Å². The van der Waals surface area contributed by atoms with E-state index in [0.717, 1.165) is 10.0 Å². The Morgan fingerprint density at radius 2 is 2.00 bits per heavy atom. The molecule has 2 aromatic rings. The zero-order chi connectivity index (χ0) is 12.4. The van der Waals surface area contributed by atoms with E-state index in [2.05, 4.69) is 31.9 Å². The highest BCUT2D eigenvalue weighted by molar-refractivity contribution is 9.11. The molecule has 0 amide bonds. The minimum Gasteiger partial charge on any atom is -0.508 e. The van der Waals surface area contributed by atoms with Crippen LogP contribution in [0.5, 0.6) is 5.75 Å². The summed E-state index contributed by atoms with van der Waals surface area (Å²) in [5, 5.41) is 9.36. The van der Waals surface area contributed by atoms with E-state index in [0.29, 0.717) is 11.0 Å². The number of benzene rings is 1. The van der Waals surface area contributed by atoms with Crippen molar-refractivity contribution in [3.63, 3.8) is 0 Å². The Bertz CT molecular complexity index is 608. The molecule has 0 aliphatic heterocycles. The Labute approximate surface area is 115 Å². The molecule has 0 aliphatic carbocycles. The Morgan fingerprint density at radius 3 is 2.71 bits per heavy atom. The van der Waals surface area contributed by atoms with E-state index in [1.165, 1.54) is 0 Å². The number of hydrogen-bond donors (Lipinski definition) is 1. The van der Waals surface area contributed by atoms with Crippen LogP contribution >= 0.6 is 31.9 Å². The molecule has 0 saturated carbocycles. The van der Waals surface area contributed by atoms with Gasteiger partial charge in [-0.1, -0.05) is 12.1 Å². The zero-order valence-electron chi connectivity index (χ0n) is 8.73. The molecule has 0 saturated heterocycles. The Hall–Kier alpha value is -1.07. The number of pyridine rings is 1. The largest absolute Gasteiger partial charge is 0.508 e. The SMILES string of the molecule is O=c1c(Br)cc(Br)cn1Cc1cccc(O)c1. The molecular formula is C12H9Br2NO2. The lowest BCUT2D eigenvalue weighted by Gasteiger charge is -2.07. The zero-order valence-corrected chi connectivity index (χ0v) is 11.9. The summed E-state index contributed by atoms with van der Waals surface area (Å²) in [6.07, 6.45) is 1.72. The number of nitrogens with zero attached hydrogens (tertiary/aromatic N) is 1. The lowest BCUT2D eigenvalue weighted by atomic mass is 10.2. The fourth-order valence-electron chi connectivity index (χ4n) is 1.53. The van der Waals surface area contributed by atoms with Crippen LogP contribution in [0.3, 0.4) is 0 Å². The molecule has 17 heavy (non-hydrogen) atoms. The lowest BCUT2D eigenvalue weighted by molar-refractivity contribution is 0.474. The molecule has 1 N–H and O–H groups in total. The van der Waals surface area contributed by atoms with Gasteiger partial charge in [0, 0.05) is 10.7 Å². The molecule has 0 spiro atoms. The van der Waals surface area contributed by atoms with Gasteiger partial charge in [-0.25, -0.2) is 0 Å². The second-order valence-corrected chi connectivity index (χ2v) is 5.38. The number of rotatable bonds is 2. The number of aromatic nitrogens is 1. The minimum atomic E-state index is -0.100. The third-order valence-corrected chi connectivity index (χ3v) is 3.27. The van der Waals surface area contributed by atoms with Gasteiger partial charge in [-0.15, -0.1) is 0 Å². The average molecular weight is 359 g/mol. The van der Waals surface area contributed by atoms with Crippen LogP contribution in [0.1, 0.15) is 5.56 Å². The molecule has 1 heterocycles. The molecule has 0 atom stereocenters. The highest BCUT2D eigenvalue weighted by atomic mass is 79.9. The van der Waals surface area contributed by atoms with E-state index in [-0.39, 0.29) is 11.3 Å². The molecule has 0 aliphatic rings. The van der Waals surface area contributed by atoms with Crippen molar-refractivity contribution in [3.8, 4) is 5.75 Å². The van der Waals surface area contributed by atoms with E-state index >= 15 is 0 Å². The maximum absolute atomic E-state index is 11.8. The Balaban J connectivity index is 2.40. The van der Waals surface area contributed by atoms with Gasteiger partial charge in [0.2, 0.25) is 0 Å². The van der Waals surface area contributed by atoms with Gasteiger partial charge in [0.25, 0.3) is 5.56 Å². The second-order valence-electron chi connectivity index (χ2n) is 3.61. The Morgan fingerprint density at radius 1 is 1.24 bits per heavy atom. The fraction of sp³-hybridized carbons (Fsp3) is 0.0833. The molecule has 0 bridgehead atoms. The first kappa shape index (κ1) is 12.4. The van der Waals surface area contributed by atoms with Crippen molar-refractivity contribution < 1.29 is 5.11 Å². The average Bonchev–Trinajstić information content (AvgIpc) is 2.25. The predicted octanol–water partition coefficient (Wildman–Crippen LogP) is 3.13. The van der Waals surface area contributed by atoms with Crippen molar-refractivity contribution in [1.29, 1.82) is 0 Å². The van der Waals surface area contributed by atoms with Gasteiger partial charge in [0.05, 0.1) is 11.0 Å². The summed E-state index contributed by atoms with van der Waals surface area (Å²) in [6, 6.07) is 8.56. The number of phenolic OH excluding ortho intramolecular Hbond substituents is 1. The van der Waals surface area contributed by atoms with E-state index in [9.17, 15) is 9.90 Å². The third-order valence-electron chi connectivity index (χ3n) is 2.27. The molecule has 1 aromatic carbocycles. The van der Waals surface area contributed by atoms with Crippen LogP contribution in [0.25, 0.3) is 0 Å². The molecular weight excluding hydrogens is 350 g/mol. The van der Waals surface area contributed by atoms with Gasteiger partial charge in [0.1, 0.15) is 5.75 Å². The first-order chi connectivity index (χ1) is 8.06. The van der Waals surface area contributed by atoms with Crippen LogP contribution in [0.2, 0.25) is 0 Å². The van der Waals surface area contributed by atoms with Crippen LogP contribution in [0.4, 0.5) is 0 Å². The number of aromatic hydroxyl groups is 1. The molecule has 2 rings (SSSR count). The quantitative estimate of drug-likeness (QED) is 0.896. The summed E-state index contributed by atoms with van der Waals surface area (Å²) >= 11 is 6.55. The van der Waals surface area contributed by atoms with Gasteiger partial charge >= 0.3 is 0 Å². The normalized spacial score (nSPS) is 10.5. The molecule has 5 heteroatoms. The van der Waals surface area contributed by atoms with Gasteiger partial charge in [-0.05, 0) is 55.6 Å². The van der Waals surface area contributed by atoms with E-state index in [4.69, 9.17) is 0 Å². The van der Waals surface area contributed by atoms with Crippen molar-refractivity contribution in [2.75, 3.05) is 0 Å². The maximum Gasteiger partial charge on any atom is 0.265 e. The van der Waals surface area contributed by atoms with Gasteiger partial charge in [-0.3, -0.25) is 4.79 Å². The van der Waals surface area contributed by atoms with E-state index in [1.54, 1.807) is 35.0 Å². The summed E-state index contributed by atoms with van der Waals surface area (Å²) in [5.74, 6) is 0.199. The summed E-state index contributed by atoms with van der Waals surface area (Å²) in [7, 11) is 0. The van der Waals surface area contributed by atoms with Gasteiger partial charge in [-0.2, -0.15) is 0 Å².